The van der Waals surface area contributed by atoms with Gasteiger partial charge in [0, 0.05) is 24.8 Å². The minimum atomic E-state index is -0.774. The molecule has 19 heavy (non-hydrogen) atoms. The molecule has 2 rings (SSSR count). The van der Waals surface area contributed by atoms with E-state index in [1.165, 1.54) is 0 Å². The molecule has 0 aliphatic carbocycles. The number of aromatic nitrogens is 2. The normalized spacial score (nSPS) is 23.6. The molecule has 2 amide bonds. The zero-order valence-electron chi connectivity index (χ0n) is 11.6. The molecule has 1 aromatic rings. The second-order valence-corrected chi connectivity index (χ2v) is 4.99. The first-order chi connectivity index (χ1) is 9.01. The van der Waals surface area contributed by atoms with Crippen molar-refractivity contribution in [3.63, 3.8) is 0 Å². The van der Waals surface area contributed by atoms with Crippen molar-refractivity contribution in [1.29, 1.82) is 0 Å². The van der Waals surface area contributed by atoms with Crippen LogP contribution in [0, 0.1) is 0 Å². The van der Waals surface area contributed by atoms with E-state index in [9.17, 15) is 9.59 Å². The van der Waals surface area contributed by atoms with E-state index in [0.29, 0.717) is 13.0 Å². The smallest absolute Gasteiger partial charge is 0.246 e. The van der Waals surface area contributed by atoms with Crippen LogP contribution < -0.4 is 5.32 Å². The summed E-state index contributed by atoms with van der Waals surface area (Å²) in [6.07, 6.45) is 4.25. The molecule has 104 valence electrons. The van der Waals surface area contributed by atoms with E-state index in [4.69, 9.17) is 0 Å². The van der Waals surface area contributed by atoms with E-state index >= 15 is 0 Å². The molecule has 2 heterocycles. The highest BCUT2D eigenvalue weighted by Gasteiger charge is 2.44. The maximum absolute atomic E-state index is 12.1. The molecular weight excluding hydrogens is 244 g/mol. The molecule has 1 aromatic heterocycles. The number of aryl methyl sites for hydroxylation is 1. The lowest BCUT2D eigenvalue weighted by atomic mass is 9.92. The van der Waals surface area contributed by atoms with Gasteiger partial charge in [-0.15, -0.1) is 0 Å². The van der Waals surface area contributed by atoms with Crippen molar-refractivity contribution in [3.8, 4) is 0 Å². The van der Waals surface area contributed by atoms with Crippen molar-refractivity contribution in [2.45, 2.75) is 45.8 Å². The predicted molar refractivity (Wildman–Crippen MR) is 70.2 cm³/mol. The number of piperazine rings is 1. The van der Waals surface area contributed by atoms with Crippen LogP contribution in [0.1, 0.15) is 32.8 Å². The zero-order chi connectivity index (χ0) is 14.0. The summed E-state index contributed by atoms with van der Waals surface area (Å²) < 4.78 is 1.81. The molecule has 0 bridgehead atoms. The van der Waals surface area contributed by atoms with Crippen LogP contribution in [-0.2, 0) is 22.7 Å². The molecule has 1 fully saturated rings. The number of carbonyl (C=O) groups is 2. The number of amides is 2. The van der Waals surface area contributed by atoms with Crippen LogP contribution in [0.25, 0.3) is 0 Å². The molecule has 0 saturated carbocycles. The van der Waals surface area contributed by atoms with Crippen molar-refractivity contribution in [3.05, 3.63) is 18.0 Å². The molecule has 6 heteroatoms. The van der Waals surface area contributed by atoms with Gasteiger partial charge < -0.3 is 10.2 Å². The van der Waals surface area contributed by atoms with Crippen LogP contribution >= 0.6 is 0 Å². The van der Waals surface area contributed by atoms with Gasteiger partial charge in [-0.2, -0.15) is 5.10 Å². The van der Waals surface area contributed by atoms with Crippen molar-refractivity contribution < 1.29 is 9.59 Å². The topological polar surface area (TPSA) is 67.2 Å². The van der Waals surface area contributed by atoms with Crippen molar-refractivity contribution in [1.82, 2.24) is 20.0 Å². The number of carbonyl (C=O) groups excluding carboxylic acids is 2. The quantitative estimate of drug-likeness (QED) is 0.862. The number of rotatable bonds is 4. The van der Waals surface area contributed by atoms with E-state index < -0.39 is 5.54 Å². The monoisotopic (exact) mass is 264 g/mol. The second-order valence-electron chi connectivity index (χ2n) is 4.99. The molecule has 1 aliphatic rings. The summed E-state index contributed by atoms with van der Waals surface area (Å²) in [6.45, 7) is 7.03. The first-order valence-corrected chi connectivity index (χ1v) is 6.61. The van der Waals surface area contributed by atoms with Crippen LogP contribution in [0.3, 0.4) is 0 Å². The first-order valence-electron chi connectivity index (χ1n) is 6.61. The van der Waals surface area contributed by atoms with Crippen LogP contribution in [0.2, 0.25) is 0 Å². The third-order valence-electron chi connectivity index (χ3n) is 3.83. The van der Waals surface area contributed by atoms with E-state index in [1.807, 2.05) is 31.6 Å². The fraction of sp³-hybridized carbons (Fsp3) is 0.615. The molecular formula is C13H20N4O2. The van der Waals surface area contributed by atoms with Gasteiger partial charge in [-0.3, -0.25) is 14.3 Å². The Bertz CT molecular complexity index is 497. The first kappa shape index (κ1) is 13.6. The highest BCUT2D eigenvalue weighted by molar-refractivity contribution is 5.97. The lowest BCUT2D eigenvalue weighted by Crippen LogP contribution is -2.65. The van der Waals surface area contributed by atoms with Gasteiger partial charge >= 0.3 is 0 Å². The van der Waals surface area contributed by atoms with Gasteiger partial charge in [-0.05, 0) is 20.3 Å². The third-order valence-corrected chi connectivity index (χ3v) is 3.83. The van der Waals surface area contributed by atoms with Gasteiger partial charge in [0.2, 0.25) is 11.8 Å². The molecule has 0 radical (unpaired) electrons. The van der Waals surface area contributed by atoms with Gasteiger partial charge in [0.15, 0.2) is 0 Å². The molecule has 1 saturated heterocycles. The van der Waals surface area contributed by atoms with E-state index in [-0.39, 0.29) is 18.4 Å². The van der Waals surface area contributed by atoms with E-state index in [1.54, 1.807) is 11.1 Å². The highest BCUT2D eigenvalue weighted by Crippen LogP contribution is 2.25. The Morgan fingerprint density at radius 3 is 2.74 bits per heavy atom. The Labute approximate surface area is 112 Å². The summed E-state index contributed by atoms with van der Waals surface area (Å²) in [4.78, 5) is 25.8. The van der Waals surface area contributed by atoms with Crippen molar-refractivity contribution in [2.75, 3.05) is 6.54 Å². The minimum Gasteiger partial charge on any atom is -0.345 e. The summed E-state index contributed by atoms with van der Waals surface area (Å²) in [7, 11) is 0. The lowest BCUT2D eigenvalue weighted by Gasteiger charge is -2.42. The van der Waals surface area contributed by atoms with Gasteiger partial charge in [-0.25, -0.2) is 0 Å². The summed E-state index contributed by atoms with van der Waals surface area (Å²) in [6, 6.07) is 0. The largest absolute Gasteiger partial charge is 0.345 e. The molecule has 0 spiro atoms. The Kier molecular flexibility index (Phi) is 3.59. The van der Waals surface area contributed by atoms with Gasteiger partial charge in [0.25, 0.3) is 0 Å². The van der Waals surface area contributed by atoms with Gasteiger partial charge in [-0.1, -0.05) is 6.92 Å². The number of nitrogens with zero attached hydrogens (tertiary/aromatic N) is 3. The Balaban J connectivity index is 2.23. The standard InChI is InChI=1S/C13H20N4O2/c1-4-13(3)12(19)14-7-11(18)17(13)9-10-6-15-16(5-2)8-10/h6,8H,4-5,7,9H2,1-3H3,(H,14,19). The second kappa shape index (κ2) is 5.03. The Morgan fingerprint density at radius 1 is 1.42 bits per heavy atom. The maximum Gasteiger partial charge on any atom is 0.246 e. The lowest BCUT2D eigenvalue weighted by molar-refractivity contribution is -0.153. The van der Waals surface area contributed by atoms with Gasteiger partial charge in [0.05, 0.1) is 12.7 Å². The summed E-state index contributed by atoms with van der Waals surface area (Å²) in [5, 5.41) is 6.85. The fourth-order valence-electron chi connectivity index (χ4n) is 2.30. The van der Waals surface area contributed by atoms with Gasteiger partial charge in [0.1, 0.15) is 5.54 Å². The fourth-order valence-corrected chi connectivity index (χ4v) is 2.30. The van der Waals surface area contributed by atoms with Crippen molar-refractivity contribution in [2.24, 2.45) is 0 Å². The average molecular weight is 264 g/mol. The van der Waals surface area contributed by atoms with Crippen LogP contribution in [-0.4, -0.2) is 38.6 Å². The Hall–Kier alpha value is -1.85. The molecule has 1 N–H and O–H groups in total. The maximum atomic E-state index is 12.1. The highest BCUT2D eigenvalue weighted by atomic mass is 16.2. The Morgan fingerprint density at radius 2 is 2.16 bits per heavy atom. The summed E-state index contributed by atoms with van der Waals surface area (Å²) >= 11 is 0. The number of nitrogens with one attached hydrogen (secondary N) is 1. The van der Waals surface area contributed by atoms with E-state index in [2.05, 4.69) is 10.4 Å². The van der Waals surface area contributed by atoms with Crippen LogP contribution in [0.15, 0.2) is 12.4 Å². The number of hydrogen-bond acceptors (Lipinski definition) is 3. The molecule has 1 atom stereocenters. The minimum absolute atomic E-state index is 0.0480. The summed E-state index contributed by atoms with van der Waals surface area (Å²) in [5.41, 5.74) is 0.175. The van der Waals surface area contributed by atoms with E-state index in [0.717, 1.165) is 12.1 Å². The molecule has 1 aliphatic heterocycles. The number of hydrogen-bond donors (Lipinski definition) is 1. The summed E-state index contributed by atoms with van der Waals surface area (Å²) in [5.74, 6) is -0.134. The van der Waals surface area contributed by atoms with Crippen LogP contribution in [0.5, 0.6) is 0 Å². The molecule has 0 aromatic carbocycles. The average Bonchev–Trinajstić information content (AvgIpc) is 2.87. The molecule has 1 unspecified atom stereocenters. The molecule has 6 nitrogen and oxygen atoms in total. The zero-order valence-corrected chi connectivity index (χ0v) is 11.6. The third kappa shape index (κ3) is 2.34. The predicted octanol–water partition coefficient (Wildman–Crippen LogP) is 0.530. The van der Waals surface area contributed by atoms with Crippen LogP contribution in [0.4, 0.5) is 0 Å². The SMILES string of the molecule is CCn1cc(CN2C(=O)CNC(=O)C2(C)CC)cn1. The van der Waals surface area contributed by atoms with Crippen molar-refractivity contribution >= 4 is 11.8 Å².